The molecule has 0 N–H and O–H groups in total. The molecule has 2 rings (SSSR count). The first-order valence-electron chi connectivity index (χ1n) is 5.46. The van der Waals surface area contributed by atoms with Crippen molar-refractivity contribution in [3.63, 3.8) is 0 Å². The average molecular weight is 253 g/mol. The Morgan fingerprint density at radius 3 is 3.12 bits per heavy atom. The molecule has 1 aliphatic rings. The minimum absolute atomic E-state index is 0.125. The second kappa shape index (κ2) is 4.93. The Balaban J connectivity index is 1.97. The van der Waals surface area contributed by atoms with Crippen molar-refractivity contribution in [1.29, 1.82) is 0 Å². The van der Waals surface area contributed by atoms with E-state index in [9.17, 15) is 8.42 Å². The highest BCUT2D eigenvalue weighted by Gasteiger charge is 2.18. The largest absolute Gasteiger partial charge is 0.298 e. The Hall–Kier alpha value is -1.27. The van der Waals surface area contributed by atoms with Gasteiger partial charge in [-0.1, -0.05) is 6.58 Å². The van der Waals surface area contributed by atoms with Gasteiger partial charge < -0.3 is 0 Å². The van der Waals surface area contributed by atoms with Gasteiger partial charge in [0.1, 0.15) is 6.33 Å². The van der Waals surface area contributed by atoms with E-state index in [1.54, 1.807) is 12.5 Å². The summed E-state index contributed by atoms with van der Waals surface area (Å²) in [6, 6.07) is 0. The summed E-state index contributed by atoms with van der Waals surface area (Å²) in [6.45, 7) is 5.40. The summed E-state index contributed by atoms with van der Waals surface area (Å²) in [6.07, 6.45) is 4.21. The second-order valence-electron chi connectivity index (χ2n) is 4.05. The predicted molar refractivity (Wildman–Crippen MR) is 65.0 cm³/mol. The zero-order valence-corrected chi connectivity index (χ0v) is 10.4. The van der Waals surface area contributed by atoms with E-state index >= 15 is 0 Å². The van der Waals surface area contributed by atoms with Gasteiger partial charge in [0.05, 0.1) is 5.75 Å². The fraction of sp³-hybridized carbons (Fsp3) is 0.455. The zero-order chi connectivity index (χ0) is 12.3. The fourth-order valence-electron chi connectivity index (χ4n) is 1.86. The lowest BCUT2D eigenvalue weighted by molar-refractivity contribution is 0.266. The molecule has 92 valence electrons. The lowest BCUT2D eigenvalue weighted by atomic mass is 10.1. The first-order valence-corrected chi connectivity index (χ1v) is 7.17. The molecule has 2 heterocycles. The highest BCUT2D eigenvalue weighted by atomic mass is 32.2. The highest BCUT2D eigenvalue weighted by Crippen LogP contribution is 2.15. The van der Waals surface area contributed by atoms with Crippen LogP contribution in [-0.2, 0) is 22.8 Å². The third-order valence-corrected chi connectivity index (χ3v) is 4.15. The van der Waals surface area contributed by atoms with Gasteiger partial charge >= 0.3 is 0 Å². The van der Waals surface area contributed by atoms with Gasteiger partial charge in [0.25, 0.3) is 0 Å². The van der Waals surface area contributed by atoms with E-state index in [1.165, 1.54) is 0 Å². The third-order valence-electron chi connectivity index (χ3n) is 2.89. The molecule has 0 saturated carbocycles. The molecular formula is C11H15N3O2S. The van der Waals surface area contributed by atoms with Crippen molar-refractivity contribution in [2.45, 2.75) is 13.0 Å². The van der Waals surface area contributed by atoms with Crippen LogP contribution in [0.5, 0.6) is 0 Å². The predicted octanol–water partition coefficient (Wildman–Crippen LogP) is 0.393. The van der Waals surface area contributed by atoms with Crippen molar-refractivity contribution >= 4 is 9.84 Å². The van der Waals surface area contributed by atoms with Gasteiger partial charge in [0.2, 0.25) is 0 Å². The molecule has 0 spiro atoms. The van der Waals surface area contributed by atoms with E-state index in [0.717, 1.165) is 36.2 Å². The Bertz CT molecular complexity index is 513. The Kier molecular flexibility index (Phi) is 3.54. The summed E-state index contributed by atoms with van der Waals surface area (Å²) < 4.78 is 22.6. The van der Waals surface area contributed by atoms with Crippen LogP contribution in [0.15, 0.2) is 24.5 Å². The SMILES string of the molecule is C=CS(=O)(=O)CCN1CCc2ncncc2C1. The van der Waals surface area contributed by atoms with Crippen LogP contribution in [0, 0.1) is 0 Å². The summed E-state index contributed by atoms with van der Waals surface area (Å²) in [5.74, 6) is 0.125. The maximum atomic E-state index is 11.3. The summed E-state index contributed by atoms with van der Waals surface area (Å²) in [5.41, 5.74) is 2.16. The summed E-state index contributed by atoms with van der Waals surface area (Å²) in [7, 11) is -3.11. The standard InChI is InChI=1S/C11H15N3O2S/c1-2-17(15,16)6-5-14-4-3-11-10(8-14)7-12-9-13-11/h2,7,9H,1,3-6,8H2. The van der Waals surface area contributed by atoms with Gasteiger partial charge in [-0.2, -0.15) is 0 Å². The molecule has 1 aromatic rings. The fourth-order valence-corrected chi connectivity index (χ4v) is 2.53. The molecule has 0 fully saturated rings. The van der Waals surface area contributed by atoms with Gasteiger partial charge in [-0.3, -0.25) is 4.90 Å². The minimum atomic E-state index is -3.11. The molecule has 0 radical (unpaired) electrons. The minimum Gasteiger partial charge on any atom is -0.298 e. The number of rotatable bonds is 4. The number of sulfone groups is 1. The van der Waals surface area contributed by atoms with E-state index in [4.69, 9.17) is 0 Å². The summed E-state index contributed by atoms with van der Waals surface area (Å²) in [4.78, 5) is 10.3. The molecule has 0 atom stereocenters. The Labute approximate surface area is 101 Å². The Morgan fingerprint density at radius 1 is 1.53 bits per heavy atom. The first-order chi connectivity index (χ1) is 8.11. The maximum Gasteiger partial charge on any atom is 0.172 e. The molecule has 0 saturated heterocycles. The molecule has 1 aromatic heterocycles. The molecule has 6 heteroatoms. The van der Waals surface area contributed by atoms with Gasteiger partial charge in [0, 0.05) is 48.9 Å². The van der Waals surface area contributed by atoms with E-state index in [-0.39, 0.29) is 5.75 Å². The van der Waals surface area contributed by atoms with Gasteiger partial charge in [0.15, 0.2) is 9.84 Å². The monoisotopic (exact) mass is 253 g/mol. The van der Waals surface area contributed by atoms with Crippen molar-refractivity contribution in [2.75, 3.05) is 18.8 Å². The third kappa shape index (κ3) is 3.10. The van der Waals surface area contributed by atoms with Crippen LogP contribution in [0.25, 0.3) is 0 Å². The van der Waals surface area contributed by atoms with Crippen LogP contribution >= 0.6 is 0 Å². The van der Waals surface area contributed by atoms with Crippen molar-refractivity contribution in [3.8, 4) is 0 Å². The molecule has 1 aliphatic heterocycles. The zero-order valence-electron chi connectivity index (χ0n) is 9.54. The number of fused-ring (bicyclic) bond motifs is 1. The smallest absolute Gasteiger partial charge is 0.172 e. The molecule has 0 unspecified atom stereocenters. The van der Waals surface area contributed by atoms with Crippen molar-refractivity contribution in [3.05, 3.63) is 35.8 Å². The molecule has 0 aromatic carbocycles. The van der Waals surface area contributed by atoms with Crippen LogP contribution in [0.4, 0.5) is 0 Å². The van der Waals surface area contributed by atoms with Crippen molar-refractivity contribution in [1.82, 2.24) is 14.9 Å². The number of hydrogen-bond donors (Lipinski definition) is 0. The molecule has 0 amide bonds. The average Bonchev–Trinajstić information content (AvgIpc) is 2.36. The summed E-state index contributed by atoms with van der Waals surface area (Å²) in [5, 5.41) is 1.02. The quantitative estimate of drug-likeness (QED) is 0.777. The normalized spacial score (nSPS) is 16.5. The molecular weight excluding hydrogens is 238 g/mol. The van der Waals surface area contributed by atoms with Gasteiger partial charge in [-0.05, 0) is 0 Å². The van der Waals surface area contributed by atoms with Crippen molar-refractivity contribution < 1.29 is 8.42 Å². The van der Waals surface area contributed by atoms with Crippen LogP contribution in [-0.4, -0.2) is 42.1 Å². The number of hydrogen-bond acceptors (Lipinski definition) is 5. The lowest BCUT2D eigenvalue weighted by Crippen LogP contribution is -2.34. The lowest BCUT2D eigenvalue weighted by Gasteiger charge is -2.27. The topological polar surface area (TPSA) is 63.2 Å². The van der Waals surface area contributed by atoms with Crippen LogP contribution < -0.4 is 0 Å². The van der Waals surface area contributed by atoms with E-state index in [0.29, 0.717) is 6.54 Å². The second-order valence-corrected chi connectivity index (χ2v) is 6.12. The van der Waals surface area contributed by atoms with E-state index < -0.39 is 9.84 Å². The number of nitrogens with zero attached hydrogens (tertiary/aromatic N) is 3. The van der Waals surface area contributed by atoms with E-state index in [2.05, 4.69) is 21.4 Å². The van der Waals surface area contributed by atoms with Gasteiger partial charge in [-0.25, -0.2) is 18.4 Å². The summed E-state index contributed by atoms with van der Waals surface area (Å²) >= 11 is 0. The molecule has 0 bridgehead atoms. The molecule has 0 aliphatic carbocycles. The highest BCUT2D eigenvalue weighted by molar-refractivity contribution is 7.94. The van der Waals surface area contributed by atoms with Crippen LogP contribution in [0.2, 0.25) is 0 Å². The van der Waals surface area contributed by atoms with E-state index in [1.807, 2.05) is 0 Å². The van der Waals surface area contributed by atoms with Crippen LogP contribution in [0.3, 0.4) is 0 Å². The Morgan fingerprint density at radius 2 is 2.35 bits per heavy atom. The molecule has 5 nitrogen and oxygen atoms in total. The van der Waals surface area contributed by atoms with Crippen molar-refractivity contribution in [2.24, 2.45) is 0 Å². The number of aromatic nitrogens is 2. The van der Waals surface area contributed by atoms with Gasteiger partial charge in [-0.15, -0.1) is 0 Å². The molecule has 17 heavy (non-hydrogen) atoms. The first kappa shape index (κ1) is 12.2. The maximum absolute atomic E-state index is 11.3. The van der Waals surface area contributed by atoms with Crippen LogP contribution in [0.1, 0.15) is 11.3 Å².